The summed E-state index contributed by atoms with van der Waals surface area (Å²) < 4.78 is 0. The second-order valence-corrected chi connectivity index (χ2v) is 8.43. The number of hydrogen-bond acceptors (Lipinski definition) is 4. The van der Waals surface area contributed by atoms with Crippen LogP contribution in [0.15, 0.2) is 22.5 Å². The Labute approximate surface area is 160 Å². The van der Waals surface area contributed by atoms with Crippen molar-refractivity contribution in [3.05, 3.63) is 22.4 Å². The van der Waals surface area contributed by atoms with Gasteiger partial charge in [-0.25, -0.2) is 4.99 Å². The maximum Gasteiger partial charge on any atom is 0.243 e. The first-order valence-electron chi connectivity index (χ1n) is 9.62. The summed E-state index contributed by atoms with van der Waals surface area (Å²) in [6, 6.07) is 4.83. The molecule has 0 radical (unpaired) electrons. The van der Waals surface area contributed by atoms with E-state index < -0.39 is 0 Å². The second-order valence-electron chi connectivity index (χ2n) is 7.40. The van der Waals surface area contributed by atoms with Crippen LogP contribution < -0.4 is 5.32 Å². The first-order valence-corrected chi connectivity index (χ1v) is 10.5. The molecule has 7 heteroatoms. The van der Waals surface area contributed by atoms with Crippen LogP contribution in [0.3, 0.4) is 0 Å². The molecule has 0 spiro atoms. The van der Waals surface area contributed by atoms with Gasteiger partial charge in [-0.05, 0) is 24.3 Å². The zero-order chi connectivity index (χ0) is 18.4. The van der Waals surface area contributed by atoms with Crippen molar-refractivity contribution in [2.75, 3.05) is 46.8 Å². The highest BCUT2D eigenvalue weighted by atomic mass is 32.1. The normalized spacial score (nSPS) is 19.8. The van der Waals surface area contributed by atoms with Crippen LogP contribution in [0.5, 0.6) is 0 Å². The number of aliphatic imine (C=N–C) groups is 1. The number of piperazine rings is 1. The lowest BCUT2D eigenvalue weighted by Gasteiger charge is -2.37. The monoisotopic (exact) mass is 377 g/mol. The molecule has 1 aliphatic carbocycles. The number of carbonyl (C=O) groups is 1. The first kappa shape index (κ1) is 19.2. The van der Waals surface area contributed by atoms with E-state index in [0.29, 0.717) is 6.04 Å². The van der Waals surface area contributed by atoms with Gasteiger partial charge in [0, 0.05) is 57.7 Å². The van der Waals surface area contributed by atoms with Crippen molar-refractivity contribution in [2.45, 2.75) is 38.3 Å². The van der Waals surface area contributed by atoms with Crippen LogP contribution in [0.2, 0.25) is 0 Å². The summed E-state index contributed by atoms with van der Waals surface area (Å²) >= 11 is 1.83. The number of rotatable bonds is 5. The van der Waals surface area contributed by atoms with Gasteiger partial charge in [0.25, 0.3) is 0 Å². The van der Waals surface area contributed by atoms with Crippen LogP contribution in [-0.2, 0) is 11.3 Å². The van der Waals surface area contributed by atoms with Crippen molar-refractivity contribution in [2.24, 2.45) is 4.99 Å². The molecule has 1 aliphatic heterocycles. The lowest BCUT2D eigenvalue weighted by Crippen LogP contribution is -2.53. The minimum Gasteiger partial charge on any atom is -0.353 e. The predicted molar refractivity (Wildman–Crippen MR) is 108 cm³/mol. The van der Waals surface area contributed by atoms with Crippen LogP contribution in [0.1, 0.15) is 30.6 Å². The van der Waals surface area contributed by atoms with E-state index in [0.717, 1.165) is 38.7 Å². The Kier molecular flexibility index (Phi) is 6.91. The molecule has 0 bridgehead atoms. The third-order valence-electron chi connectivity index (χ3n) is 5.18. The number of nitrogens with one attached hydrogen (secondary N) is 1. The fourth-order valence-corrected chi connectivity index (χ4v) is 4.26. The molecular weight excluding hydrogens is 346 g/mol. The predicted octanol–water partition coefficient (Wildman–Crippen LogP) is 1.84. The maximum absolute atomic E-state index is 12.0. The number of likely N-dealkylation sites (N-methyl/N-ethyl adjacent to an activating group) is 1. The summed E-state index contributed by atoms with van der Waals surface area (Å²) in [6.07, 6.45) is 4.99. The second kappa shape index (κ2) is 9.37. The third-order valence-corrected chi connectivity index (χ3v) is 6.04. The van der Waals surface area contributed by atoms with E-state index in [9.17, 15) is 4.79 Å². The summed E-state index contributed by atoms with van der Waals surface area (Å²) in [6.45, 7) is 5.24. The molecule has 0 unspecified atom stereocenters. The molecule has 6 nitrogen and oxygen atoms in total. The zero-order valence-corrected chi connectivity index (χ0v) is 16.8. The van der Waals surface area contributed by atoms with Crippen LogP contribution in [0, 0.1) is 0 Å². The Hall–Kier alpha value is -1.60. The molecule has 1 saturated heterocycles. The van der Waals surface area contributed by atoms with Crippen LogP contribution >= 0.6 is 11.3 Å². The average Bonchev–Trinajstić information content (AvgIpc) is 3.33. The summed E-state index contributed by atoms with van der Waals surface area (Å²) in [7, 11) is 3.57. The Bertz CT molecular complexity index is 587. The molecule has 0 aromatic carbocycles. The number of nitrogens with zero attached hydrogens (tertiary/aromatic N) is 4. The number of hydrogen-bond donors (Lipinski definition) is 1. The number of carbonyl (C=O) groups excluding carboxylic acids is 1. The highest BCUT2D eigenvalue weighted by Crippen LogP contribution is 2.18. The summed E-state index contributed by atoms with van der Waals surface area (Å²) in [5, 5.41) is 5.77. The molecule has 0 atom stereocenters. The van der Waals surface area contributed by atoms with Crippen LogP contribution in [0.4, 0.5) is 0 Å². The van der Waals surface area contributed by atoms with Gasteiger partial charge in [-0.3, -0.25) is 9.69 Å². The molecule has 1 aromatic rings. The first-order chi connectivity index (χ1) is 12.6. The van der Waals surface area contributed by atoms with E-state index in [1.54, 1.807) is 19.0 Å². The SMILES string of the molecule is CN(C)C(=O)CN=C(NC1CCCC1)N1CCN(Cc2cccs2)CC1. The molecule has 1 saturated carbocycles. The molecule has 2 aliphatic rings. The van der Waals surface area contributed by atoms with Crippen molar-refractivity contribution in [1.82, 2.24) is 20.0 Å². The average molecular weight is 378 g/mol. The highest BCUT2D eigenvalue weighted by Gasteiger charge is 2.23. The minimum atomic E-state index is 0.0482. The van der Waals surface area contributed by atoms with Crippen molar-refractivity contribution < 1.29 is 4.79 Å². The van der Waals surface area contributed by atoms with E-state index in [1.807, 2.05) is 11.3 Å². The van der Waals surface area contributed by atoms with E-state index in [4.69, 9.17) is 0 Å². The fraction of sp³-hybridized carbons (Fsp3) is 0.684. The topological polar surface area (TPSA) is 51.2 Å². The van der Waals surface area contributed by atoms with E-state index in [-0.39, 0.29) is 12.5 Å². The quantitative estimate of drug-likeness (QED) is 0.628. The van der Waals surface area contributed by atoms with E-state index in [2.05, 4.69) is 37.6 Å². The Morgan fingerprint density at radius 3 is 2.62 bits per heavy atom. The van der Waals surface area contributed by atoms with E-state index in [1.165, 1.54) is 30.6 Å². The number of thiophene rings is 1. The minimum absolute atomic E-state index is 0.0482. The van der Waals surface area contributed by atoms with Gasteiger partial charge in [-0.1, -0.05) is 18.9 Å². The van der Waals surface area contributed by atoms with Gasteiger partial charge in [0.1, 0.15) is 6.54 Å². The van der Waals surface area contributed by atoms with Crippen LogP contribution in [0.25, 0.3) is 0 Å². The fourth-order valence-electron chi connectivity index (χ4n) is 3.51. The van der Waals surface area contributed by atoms with Crippen molar-refractivity contribution in [3.8, 4) is 0 Å². The molecule has 2 heterocycles. The molecular formula is C19H31N5OS. The number of amides is 1. The molecule has 144 valence electrons. The molecule has 26 heavy (non-hydrogen) atoms. The number of guanidine groups is 1. The summed E-state index contributed by atoms with van der Waals surface area (Å²) in [4.78, 5) is 24.5. The highest BCUT2D eigenvalue weighted by molar-refractivity contribution is 7.09. The Balaban J connectivity index is 1.57. The van der Waals surface area contributed by atoms with E-state index >= 15 is 0 Å². The summed E-state index contributed by atoms with van der Waals surface area (Å²) in [5.41, 5.74) is 0. The van der Waals surface area contributed by atoms with Crippen molar-refractivity contribution in [3.63, 3.8) is 0 Å². The third kappa shape index (κ3) is 5.45. The molecule has 1 N–H and O–H groups in total. The standard InChI is InChI=1S/C19H31N5OS/c1-22(2)18(25)14-20-19(21-16-6-3-4-7-16)24-11-9-23(10-12-24)15-17-8-5-13-26-17/h5,8,13,16H,3-4,6-7,9-12,14-15H2,1-2H3,(H,20,21). The van der Waals surface area contributed by atoms with Gasteiger partial charge in [-0.2, -0.15) is 0 Å². The Morgan fingerprint density at radius 2 is 2.00 bits per heavy atom. The largest absolute Gasteiger partial charge is 0.353 e. The molecule has 1 aromatic heterocycles. The molecule has 3 rings (SSSR count). The lowest BCUT2D eigenvalue weighted by molar-refractivity contribution is -0.127. The van der Waals surface area contributed by atoms with Gasteiger partial charge in [0.05, 0.1) is 0 Å². The van der Waals surface area contributed by atoms with Crippen molar-refractivity contribution >= 4 is 23.2 Å². The lowest BCUT2D eigenvalue weighted by atomic mass is 10.2. The zero-order valence-electron chi connectivity index (χ0n) is 16.0. The van der Waals surface area contributed by atoms with Gasteiger partial charge in [0.2, 0.25) is 5.91 Å². The van der Waals surface area contributed by atoms with Gasteiger partial charge >= 0.3 is 0 Å². The maximum atomic E-state index is 12.0. The van der Waals surface area contributed by atoms with Gasteiger partial charge in [-0.15, -0.1) is 11.3 Å². The molecule has 2 fully saturated rings. The van der Waals surface area contributed by atoms with Crippen molar-refractivity contribution in [1.29, 1.82) is 0 Å². The molecule has 1 amide bonds. The van der Waals surface area contributed by atoms with Crippen LogP contribution in [-0.4, -0.2) is 79.4 Å². The smallest absolute Gasteiger partial charge is 0.243 e. The van der Waals surface area contributed by atoms with Gasteiger partial charge in [0.15, 0.2) is 5.96 Å². The Morgan fingerprint density at radius 1 is 1.27 bits per heavy atom. The van der Waals surface area contributed by atoms with Gasteiger partial charge < -0.3 is 15.1 Å². The summed E-state index contributed by atoms with van der Waals surface area (Å²) in [5.74, 6) is 0.968.